The van der Waals surface area contributed by atoms with E-state index < -0.39 is 0 Å². The van der Waals surface area contributed by atoms with Crippen molar-refractivity contribution in [3.8, 4) is 0 Å². The van der Waals surface area contributed by atoms with Gasteiger partial charge in [0.25, 0.3) is 0 Å². The maximum atomic E-state index is 6.27. The average Bonchev–Trinajstić information content (AvgIpc) is 2.74. The van der Waals surface area contributed by atoms with Gasteiger partial charge in [-0.15, -0.1) is 0 Å². The van der Waals surface area contributed by atoms with Crippen LogP contribution in [0.25, 0.3) is 0 Å². The quantitative estimate of drug-likeness (QED) is 0.846. The molecule has 3 rings (SSSR count). The van der Waals surface area contributed by atoms with Crippen LogP contribution in [0.2, 0.25) is 5.82 Å². The number of rotatable bonds is 3. The van der Waals surface area contributed by atoms with Gasteiger partial charge in [0.15, 0.2) is 0 Å². The van der Waals surface area contributed by atoms with Crippen molar-refractivity contribution in [3.63, 3.8) is 0 Å². The topological polar surface area (TPSA) is 36.9 Å². The molecule has 0 amide bonds. The van der Waals surface area contributed by atoms with Crippen molar-refractivity contribution in [1.82, 2.24) is 10.2 Å². The monoisotopic (exact) mass is 353 g/mol. The van der Waals surface area contributed by atoms with Gasteiger partial charge in [0.2, 0.25) is 0 Å². The molecule has 5 heteroatoms. The SMILES string of the molecule is CC.CC1=N/C=C(/C)C(C)B=C(OCc2ccccc2)N2CCNCC12. The molecule has 140 valence electrons. The Morgan fingerprint density at radius 2 is 1.96 bits per heavy atom. The molecule has 1 aromatic rings. The first kappa shape index (κ1) is 20.4. The van der Waals surface area contributed by atoms with Crippen LogP contribution in [0.4, 0.5) is 0 Å². The second kappa shape index (κ2) is 10.3. The minimum atomic E-state index is 0.245. The van der Waals surface area contributed by atoms with Gasteiger partial charge < -0.3 is 0 Å². The summed E-state index contributed by atoms with van der Waals surface area (Å²) in [5.74, 6) is 1.28. The van der Waals surface area contributed by atoms with Crippen molar-refractivity contribution >= 4 is 18.4 Å². The zero-order valence-electron chi connectivity index (χ0n) is 16.8. The predicted octanol–water partition coefficient (Wildman–Crippen LogP) is 3.48. The number of allylic oxidation sites excluding steroid dienone is 1. The number of hydrogen-bond acceptors (Lipinski definition) is 4. The van der Waals surface area contributed by atoms with Crippen molar-refractivity contribution in [2.75, 3.05) is 19.6 Å². The Hall–Kier alpha value is -1.88. The van der Waals surface area contributed by atoms with E-state index in [2.05, 4.69) is 62.2 Å². The van der Waals surface area contributed by atoms with Crippen molar-refractivity contribution in [2.45, 2.75) is 53.1 Å². The molecule has 26 heavy (non-hydrogen) atoms. The third kappa shape index (κ3) is 5.31. The molecule has 2 aliphatic heterocycles. The van der Waals surface area contributed by atoms with Gasteiger partial charge in [-0.2, -0.15) is 0 Å². The molecule has 2 atom stereocenters. The summed E-state index contributed by atoms with van der Waals surface area (Å²) in [7, 11) is 0. The van der Waals surface area contributed by atoms with E-state index in [4.69, 9.17) is 9.73 Å². The molecule has 0 aliphatic carbocycles. The van der Waals surface area contributed by atoms with Crippen LogP contribution >= 0.6 is 0 Å². The van der Waals surface area contributed by atoms with Gasteiger partial charge in [-0.3, -0.25) is 0 Å². The normalized spacial score (nSPS) is 24.7. The first-order chi connectivity index (χ1) is 12.6. The Morgan fingerprint density at radius 1 is 1.23 bits per heavy atom. The number of nitrogens with zero attached hydrogens (tertiary/aromatic N) is 2. The molecule has 1 saturated heterocycles. The predicted molar refractivity (Wildman–Crippen MR) is 113 cm³/mol. The van der Waals surface area contributed by atoms with Gasteiger partial charge in [0, 0.05) is 0 Å². The van der Waals surface area contributed by atoms with Gasteiger partial charge in [-0.05, 0) is 0 Å². The Morgan fingerprint density at radius 3 is 2.69 bits per heavy atom. The number of benzene rings is 1. The van der Waals surface area contributed by atoms with Crippen molar-refractivity contribution in [3.05, 3.63) is 47.7 Å². The Balaban J connectivity index is 0.00000117. The molecule has 0 bridgehead atoms. The molecule has 0 spiro atoms. The van der Waals surface area contributed by atoms with Gasteiger partial charge in [0.1, 0.15) is 0 Å². The van der Waals surface area contributed by atoms with Crippen LogP contribution < -0.4 is 5.32 Å². The summed E-state index contributed by atoms with van der Waals surface area (Å²) in [5.41, 5.74) is 3.57. The van der Waals surface area contributed by atoms with E-state index in [0.717, 1.165) is 31.1 Å². The molecule has 0 aromatic heterocycles. The molecule has 1 fully saturated rings. The molecule has 2 unspecified atom stereocenters. The summed E-state index contributed by atoms with van der Waals surface area (Å²) in [6, 6.07) is 10.6. The summed E-state index contributed by atoms with van der Waals surface area (Å²) in [6.45, 7) is 16.1. The second-order valence-corrected chi connectivity index (χ2v) is 6.62. The van der Waals surface area contributed by atoms with E-state index >= 15 is 0 Å². The number of piperazine rings is 1. The van der Waals surface area contributed by atoms with Gasteiger partial charge in [-0.25, -0.2) is 0 Å². The van der Waals surface area contributed by atoms with Crippen LogP contribution in [0.15, 0.2) is 47.1 Å². The number of hydrogen-bond donors (Lipinski definition) is 1. The van der Waals surface area contributed by atoms with Crippen LogP contribution in [0.5, 0.6) is 0 Å². The summed E-state index contributed by atoms with van der Waals surface area (Å²) >= 11 is 0. The van der Waals surface area contributed by atoms with Crippen molar-refractivity contribution < 1.29 is 4.74 Å². The first-order valence-corrected chi connectivity index (χ1v) is 9.72. The molecule has 0 radical (unpaired) electrons. The molecule has 4 nitrogen and oxygen atoms in total. The van der Waals surface area contributed by atoms with Crippen LogP contribution in [-0.2, 0) is 11.3 Å². The van der Waals surface area contributed by atoms with E-state index in [1.165, 1.54) is 11.1 Å². The second-order valence-electron chi connectivity index (χ2n) is 6.62. The standard InChI is InChI=1S/C19H26BN3O.C2H6/c1-14-11-22-16(3)18-12-21-9-10-23(18)19(20-15(14)2)24-13-17-7-5-4-6-8-17;1-2/h4-8,11,15,18,21H,9-10,12-13H2,1-3H3;1-2H3/b14-11-,22-16?;. The molecular weight excluding hydrogens is 321 g/mol. The molecule has 2 heterocycles. The third-order valence-corrected chi connectivity index (χ3v) is 4.82. The van der Waals surface area contributed by atoms with Crippen molar-refractivity contribution in [1.29, 1.82) is 0 Å². The van der Waals surface area contributed by atoms with Crippen LogP contribution in [0.3, 0.4) is 0 Å². The Labute approximate surface area is 159 Å². The summed E-state index contributed by atoms with van der Waals surface area (Å²) in [4.78, 5) is 7.06. The zero-order valence-corrected chi connectivity index (χ0v) is 16.8. The average molecular weight is 353 g/mol. The summed E-state index contributed by atoms with van der Waals surface area (Å²) < 4.78 is 6.27. The fourth-order valence-corrected chi connectivity index (χ4v) is 3.05. The van der Waals surface area contributed by atoms with Gasteiger partial charge in [0.05, 0.1) is 0 Å². The van der Waals surface area contributed by atoms with E-state index in [0.29, 0.717) is 12.4 Å². The molecule has 1 aromatic carbocycles. The Bertz CT molecular complexity index is 654. The Kier molecular flexibility index (Phi) is 8.11. The minimum absolute atomic E-state index is 0.245. The molecular formula is C21H32BN3O. The van der Waals surface area contributed by atoms with Gasteiger partial charge in [-0.1, -0.05) is 13.8 Å². The third-order valence-electron chi connectivity index (χ3n) is 4.82. The molecule has 0 saturated carbocycles. The summed E-state index contributed by atoms with van der Waals surface area (Å²) in [6.07, 6.45) is 2.00. The first-order valence-electron chi connectivity index (χ1n) is 9.72. The van der Waals surface area contributed by atoms with Gasteiger partial charge >= 0.3 is 145 Å². The van der Waals surface area contributed by atoms with E-state index in [9.17, 15) is 0 Å². The molecule has 2 aliphatic rings. The zero-order chi connectivity index (χ0) is 18.9. The molecule has 1 N–H and O–H groups in total. The maximum absolute atomic E-state index is 6.27. The fourth-order valence-electron chi connectivity index (χ4n) is 3.05. The fraction of sp³-hybridized carbons (Fsp3) is 0.524. The number of aliphatic imine (C=N–C) groups is 1. The van der Waals surface area contributed by atoms with E-state index in [-0.39, 0.29) is 6.04 Å². The van der Waals surface area contributed by atoms with E-state index in [1.54, 1.807) is 0 Å². The summed E-state index contributed by atoms with van der Waals surface area (Å²) in [5, 5.41) is 3.47. The van der Waals surface area contributed by atoms with Crippen LogP contribution in [0, 0.1) is 0 Å². The van der Waals surface area contributed by atoms with Crippen LogP contribution in [-0.4, -0.2) is 49.0 Å². The van der Waals surface area contributed by atoms with Crippen LogP contribution in [0.1, 0.15) is 40.2 Å². The van der Waals surface area contributed by atoms with Crippen molar-refractivity contribution in [2.24, 2.45) is 4.99 Å². The number of nitrogens with one attached hydrogen (secondary N) is 1. The van der Waals surface area contributed by atoms with E-state index in [1.807, 2.05) is 26.1 Å². The number of fused-ring (bicyclic) bond motifs is 1. The number of ether oxygens (including phenoxy) is 1.